The minimum atomic E-state index is -0.267. The molecule has 2 aliphatic rings. The molecule has 160 valence electrons. The van der Waals surface area contributed by atoms with Gasteiger partial charge in [-0.2, -0.15) is 0 Å². The summed E-state index contributed by atoms with van der Waals surface area (Å²) in [6, 6.07) is 8.30. The molecule has 0 N–H and O–H groups in total. The number of nitrogens with zero attached hydrogens (tertiary/aromatic N) is 3. The van der Waals surface area contributed by atoms with Crippen LogP contribution >= 0.6 is 11.6 Å². The van der Waals surface area contributed by atoms with Crippen molar-refractivity contribution in [2.75, 3.05) is 43.7 Å². The number of amides is 1. The lowest BCUT2D eigenvalue weighted by Crippen LogP contribution is -2.46. The third-order valence-corrected chi connectivity index (χ3v) is 5.70. The Morgan fingerprint density at radius 2 is 2.00 bits per heavy atom. The van der Waals surface area contributed by atoms with Crippen LogP contribution in [0.15, 0.2) is 30.3 Å². The smallest absolute Gasteiger partial charge is 0.242 e. The topological polar surface area (TPSA) is 54.9 Å². The Morgan fingerprint density at radius 1 is 1.27 bits per heavy atom. The van der Waals surface area contributed by atoms with Crippen molar-refractivity contribution in [3.63, 3.8) is 0 Å². The van der Waals surface area contributed by atoms with Crippen LogP contribution in [0.2, 0.25) is 0 Å². The maximum atomic E-state index is 13.4. The largest absolute Gasteiger partial charge is 0.474 e. The Bertz CT molecular complexity index is 903. The minimum Gasteiger partial charge on any atom is -0.474 e. The van der Waals surface area contributed by atoms with Crippen molar-refractivity contribution < 1.29 is 18.7 Å². The van der Waals surface area contributed by atoms with Crippen molar-refractivity contribution in [1.82, 2.24) is 9.88 Å². The first-order chi connectivity index (χ1) is 14.5. The molecule has 0 saturated carbocycles. The number of pyridine rings is 1. The number of benzene rings is 1. The van der Waals surface area contributed by atoms with E-state index in [4.69, 9.17) is 26.1 Å². The third-order valence-electron chi connectivity index (χ3n) is 5.47. The van der Waals surface area contributed by atoms with Crippen LogP contribution in [0.3, 0.4) is 0 Å². The van der Waals surface area contributed by atoms with Crippen molar-refractivity contribution >= 4 is 23.2 Å². The zero-order valence-corrected chi connectivity index (χ0v) is 17.7. The molecular weight excluding hydrogens is 409 g/mol. The van der Waals surface area contributed by atoms with Crippen LogP contribution in [0.1, 0.15) is 23.7 Å². The first-order valence-corrected chi connectivity index (χ1v) is 10.7. The van der Waals surface area contributed by atoms with E-state index in [9.17, 15) is 9.18 Å². The van der Waals surface area contributed by atoms with Gasteiger partial charge in [-0.25, -0.2) is 9.37 Å². The number of morpholine rings is 1. The van der Waals surface area contributed by atoms with Crippen LogP contribution in [0.25, 0.3) is 0 Å². The molecule has 4 rings (SSSR count). The van der Waals surface area contributed by atoms with Crippen molar-refractivity contribution in [2.45, 2.75) is 25.9 Å². The highest BCUT2D eigenvalue weighted by molar-refractivity contribution is 6.29. The molecular formula is C22H25ClFN3O3. The minimum absolute atomic E-state index is 0.105. The molecule has 0 bridgehead atoms. The average Bonchev–Trinajstić information content (AvgIpc) is 2.76. The highest BCUT2D eigenvalue weighted by Crippen LogP contribution is 2.35. The summed E-state index contributed by atoms with van der Waals surface area (Å²) in [4.78, 5) is 21.3. The standard InChI is InChI=1S/C22H25ClFN3O3/c1-15-14-30-22-20(27(15)21(28)12-23)11-17(10-16-2-4-18(24)5-3-16)19(25-22)13-26-6-8-29-9-7-26/h2-5,11,15H,6-10,12-14H2,1H3/t15-/m0/s1. The van der Waals surface area contributed by atoms with E-state index in [1.807, 2.05) is 13.0 Å². The van der Waals surface area contributed by atoms with Crippen LogP contribution in [0.4, 0.5) is 10.1 Å². The van der Waals surface area contributed by atoms with E-state index in [2.05, 4.69) is 4.90 Å². The zero-order chi connectivity index (χ0) is 21.1. The van der Waals surface area contributed by atoms with Gasteiger partial charge in [0.05, 0.1) is 24.9 Å². The summed E-state index contributed by atoms with van der Waals surface area (Å²) in [7, 11) is 0. The van der Waals surface area contributed by atoms with Gasteiger partial charge in [0, 0.05) is 19.6 Å². The van der Waals surface area contributed by atoms with Crippen LogP contribution in [-0.4, -0.2) is 60.6 Å². The van der Waals surface area contributed by atoms with E-state index in [-0.39, 0.29) is 23.6 Å². The highest BCUT2D eigenvalue weighted by Gasteiger charge is 2.31. The number of aromatic nitrogens is 1. The van der Waals surface area contributed by atoms with E-state index < -0.39 is 0 Å². The SMILES string of the molecule is C[C@H]1COc2nc(CN3CCOCC3)c(Cc3ccc(F)cc3)cc2N1C(=O)CCl. The van der Waals surface area contributed by atoms with Gasteiger partial charge in [0.2, 0.25) is 11.8 Å². The number of alkyl halides is 1. The third kappa shape index (κ3) is 4.58. The fourth-order valence-electron chi connectivity index (χ4n) is 3.88. The van der Waals surface area contributed by atoms with Crippen molar-refractivity contribution in [3.05, 3.63) is 53.0 Å². The number of anilines is 1. The number of halogens is 2. The van der Waals surface area contributed by atoms with Gasteiger partial charge in [-0.05, 0) is 42.7 Å². The average molecular weight is 434 g/mol. The predicted molar refractivity (Wildman–Crippen MR) is 113 cm³/mol. The zero-order valence-electron chi connectivity index (χ0n) is 16.9. The molecule has 1 saturated heterocycles. The molecule has 1 atom stereocenters. The summed E-state index contributed by atoms with van der Waals surface area (Å²) in [5, 5.41) is 0. The Labute approximate surface area is 180 Å². The number of fused-ring (bicyclic) bond motifs is 1. The summed E-state index contributed by atoms with van der Waals surface area (Å²) in [5.41, 5.74) is 3.49. The first kappa shape index (κ1) is 21.0. The maximum absolute atomic E-state index is 13.4. The molecule has 0 aliphatic carbocycles. The Kier molecular flexibility index (Phi) is 6.51. The number of hydrogen-bond donors (Lipinski definition) is 0. The molecule has 0 spiro atoms. The molecule has 0 unspecified atom stereocenters. The van der Waals surface area contributed by atoms with Crippen LogP contribution < -0.4 is 9.64 Å². The predicted octanol–water partition coefficient (Wildman–Crippen LogP) is 3.00. The number of hydrogen-bond acceptors (Lipinski definition) is 5. The van der Waals surface area contributed by atoms with E-state index in [0.29, 0.717) is 44.4 Å². The van der Waals surface area contributed by atoms with Gasteiger partial charge in [0.15, 0.2) is 0 Å². The normalized spacial score (nSPS) is 19.3. The highest BCUT2D eigenvalue weighted by atomic mass is 35.5. The first-order valence-electron chi connectivity index (χ1n) is 10.1. The van der Waals surface area contributed by atoms with Gasteiger partial charge < -0.3 is 14.4 Å². The van der Waals surface area contributed by atoms with E-state index in [1.54, 1.807) is 17.0 Å². The molecule has 1 aromatic heterocycles. The van der Waals surface area contributed by atoms with Crippen LogP contribution in [0, 0.1) is 5.82 Å². The molecule has 30 heavy (non-hydrogen) atoms. The van der Waals surface area contributed by atoms with E-state index in [1.165, 1.54) is 12.1 Å². The van der Waals surface area contributed by atoms with Gasteiger partial charge in [-0.1, -0.05) is 12.1 Å². The second-order valence-corrected chi connectivity index (χ2v) is 7.93. The second kappa shape index (κ2) is 9.29. The quantitative estimate of drug-likeness (QED) is 0.678. The van der Waals surface area contributed by atoms with Gasteiger partial charge in [-0.3, -0.25) is 9.69 Å². The van der Waals surface area contributed by atoms with Gasteiger partial charge >= 0.3 is 0 Å². The Morgan fingerprint density at radius 3 is 2.70 bits per heavy atom. The number of carbonyl (C=O) groups is 1. The second-order valence-electron chi connectivity index (χ2n) is 7.67. The molecule has 2 aromatic rings. The summed E-state index contributed by atoms with van der Waals surface area (Å²) in [6.45, 7) is 6.03. The molecule has 3 heterocycles. The number of carbonyl (C=O) groups excluding carboxylic acids is 1. The van der Waals surface area contributed by atoms with Gasteiger partial charge in [-0.15, -0.1) is 11.6 Å². The van der Waals surface area contributed by atoms with E-state index >= 15 is 0 Å². The summed E-state index contributed by atoms with van der Waals surface area (Å²) >= 11 is 5.86. The van der Waals surface area contributed by atoms with Crippen molar-refractivity contribution in [3.8, 4) is 5.88 Å². The van der Waals surface area contributed by atoms with Crippen LogP contribution in [0.5, 0.6) is 5.88 Å². The number of rotatable bonds is 5. The molecule has 8 heteroatoms. The van der Waals surface area contributed by atoms with Crippen molar-refractivity contribution in [1.29, 1.82) is 0 Å². The lowest BCUT2D eigenvalue weighted by Gasteiger charge is -2.35. The summed E-state index contributed by atoms with van der Waals surface area (Å²) in [6.07, 6.45) is 0.581. The molecule has 0 radical (unpaired) electrons. The van der Waals surface area contributed by atoms with Gasteiger partial charge in [0.1, 0.15) is 24.0 Å². The lowest BCUT2D eigenvalue weighted by molar-refractivity contribution is -0.117. The Hall–Kier alpha value is -2.22. The Balaban J connectivity index is 1.72. The lowest BCUT2D eigenvalue weighted by atomic mass is 10.0. The molecule has 1 aromatic carbocycles. The molecule has 1 fully saturated rings. The van der Waals surface area contributed by atoms with Crippen molar-refractivity contribution in [2.24, 2.45) is 0 Å². The summed E-state index contributed by atoms with van der Waals surface area (Å²) in [5.74, 6) is -0.0918. The molecule has 6 nitrogen and oxygen atoms in total. The summed E-state index contributed by atoms with van der Waals surface area (Å²) < 4.78 is 24.7. The molecule has 2 aliphatic heterocycles. The monoisotopic (exact) mass is 433 g/mol. The fourth-order valence-corrected chi connectivity index (χ4v) is 4.01. The van der Waals surface area contributed by atoms with E-state index in [0.717, 1.165) is 29.9 Å². The number of ether oxygens (including phenoxy) is 2. The van der Waals surface area contributed by atoms with Crippen LogP contribution in [-0.2, 0) is 22.5 Å². The van der Waals surface area contributed by atoms with Gasteiger partial charge in [0.25, 0.3) is 0 Å². The molecule has 1 amide bonds. The maximum Gasteiger partial charge on any atom is 0.242 e. The fraction of sp³-hybridized carbons (Fsp3) is 0.455.